The fourth-order valence-corrected chi connectivity index (χ4v) is 3.19. The highest BCUT2D eigenvalue weighted by atomic mass is 32.1. The monoisotopic (exact) mass is 278 g/mol. The third-order valence-corrected chi connectivity index (χ3v) is 4.25. The SMILES string of the molecule is CC(C(=S)NC(C)(C)C)c1nc2ccccc2s1. The lowest BCUT2D eigenvalue weighted by atomic mass is 10.1. The minimum absolute atomic E-state index is 0.00201. The highest BCUT2D eigenvalue weighted by Crippen LogP contribution is 2.28. The highest BCUT2D eigenvalue weighted by molar-refractivity contribution is 7.80. The third-order valence-electron chi connectivity index (χ3n) is 2.57. The van der Waals surface area contributed by atoms with E-state index in [9.17, 15) is 0 Å². The van der Waals surface area contributed by atoms with E-state index in [1.807, 2.05) is 18.2 Å². The zero-order valence-electron chi connectivity index (χ0n) is 11.2. The number of hydrogen-bond donors (Lipinski definition) is 1. The Kier molecular flexibility index (Phi) is 3.69. The molecule has 1 N–H and O–H groups in total. The highest BCUT2D eigenvalue weighted by Gasteiger charge is 2.20. The van der Waals surface area contributed by atoms with Crippen LogP contribution in [0.4, 0.5) is 0 Å². The summed E-state index contributed by atoms with van der Waals surface area (Å²) in [4.78, 5) is 5.52. The Morgan fingerprint density at radius 1 is 1.33 bits per heavy atom. The number of thiocarbonyl (C=S) groups is 1. The number of benzene rings is 1. The molecule has 0 fully saturated rings. The first-order valence-electron chi connectivity index (χ1n) is 6.04. The lowest BCUT2D eigenvalue weighted by Gasteiger charge is -2.24. The molecule has 1 unspecified atom stereocenters. The van der Waals surface area contributed by atoms with Crippen molar-refractivity contribution in [2.24, 2.45) is 0 Å². The van der Waals surface area contributed by atoms with Crippen molar-refractivity contribution < 1.29 is 0 Å². The summed E-state index contributed by atoms with van der Waals surface area (Å²) in [5.74, 6) is 0.164. The summed E-state index contributed by atoms with van der Waals surface area (Å²) < 4.78 is 1.22. The van der Waals surface area contributed by atoms with Crippen LogP contribution >= 0.6 is 23.6 Å². The van der Waals surface area contributed by atoms with Crippen LogP contribution in [0.1, 0.15) is 38.6 Å². The van der Waals surface area contributed by atoms with Crippen molar-refractivity contribution in [2.75, 3.05) is 0 Å². The van der Waals surface area contributed by atoms with E-state index in [4.69, 9.17) is 12.2 Å². The van der Waals surface area contributed by atoms with Gasteiger partial charge in [-0.15, -0.1) is 11.3 Å². The molecule has 96 valence electrons. The summed E-state index contributed by atoms with van der Waals surface area (Å²) in [5, 5.41) is 4.44. The summed E-state index contributed by atoms with van der Waals surface area (Å²) in [7, 11) is 0. The van der Waals surface area contributed by atoms with E-state index < -0.39 is 0 Å². The summed E-state index contributed by atoms with van der Waals surface area (Å²) in [6, 6.07) is 8.20. The molecule has 1 atom stereocenters. The summed E-state index contributed by atoms with van der Waals surface area (Å²) in [6.45, 7) is 8.46. The first-order valence-corrected chi connectivity index (χ1v) is 7.27. The van der Waals surface area contributed by atoms with Gasteiger partial charge in [0, 0.05) is 5.54 Å². The van der Waals surface area contributed by atoms with E-state index in [1.54, 1.807) is 11.3 Å². The standard InChI is InChI=1S/C14H18N2S2/c1-9(12(17)16-14(2,3)4)13-15-10-7-5-6-8-11(10)18-13/h5-9H,1-4H3,(H,16,17). The fourth-order valence-electron chi connectivity index (χ4n) is 1.67. The second-order valence-corrected chi connectivity index (χ2v) is 6.98. The van der Waals surface area contributed by atoms with Crippen molar-refractivity contribution in [2.45, 2.75) is 39.2 Å². The zero-order chi connectivity index (χ0) is 13.3. The normalized spacial score (nSPS) is 13.6. The van der Waals surface area contributed by atoms with Gasteiger partial charge in [-0.1, -0.05) is 24.4 Å². The van der Waals surface area contributed by atoms with Gasteiger partial charge in [0.05, 0.1) is 21.1 Å². The van der Waals surface area contributed by atoms with Gasteiger partial charge in [-0.2, -0.15) is 0 Å². The molecule has 18 heavy (non-hydrogen) atoms. The molecule has 1 aromatic carbocycles. The van der Waals surface area contributed by atoms with Gasteiger partial charge in [0.25, 0.3) is 0 Å². The molecule has 0 saturated heterocycles. The fraction of sp³-hybridized carbons (Fsp3) is 0.429. The Labute approximate surface area is 117 Å². The van der Waals surface area contributed by atoms with Crippen LogP contribution in [0.5, 0.6) is 0 Å². The van der Waals surface area contributed by atoms with Gasteiger partial charge in [-0.05, 0) is 39.8 Å². The van der Waals surface area contributed by atoms with Crippen molar-refractivity contribution in [3.05, 3.63) is 29.3 Å². The number of rotatable bonds is 2. The Morgan fingerprint density at radius 3 is 2.61 bits per heavy atom. The number of fused-ring (bicyclic) bond motifs is 1. The number of aromatic nitrogens is 1. The van der Waals surface area contributed by atoms with Gasteiger partial charge in [-0.25, -0.2) is 4.98 Å². The summed E-state index contributed by atoms with van der Waals surface area (Å²) in [5.41, 5.74) is 1.06. The van der Waals surface area contributed by atoms with Gasteiger partial charge in [0.2, 0.25) is 0 Å². The van der Waals surface area contributed by atoms with Crippen LogP contribution in [0, 0.1) is 0 Å². The van der Waals surface area contributed by atoms with Crippen LogP contribution in [-0.4, -0.2) is 15.5 Å². The maximum absolute atomic E-state index is 5.47. The Hall–Kier alpha value is -1.00. The molecule has 4 heteroatoms. The molecule has 2 nitrogen and oxygen atoms in total. The van der Waals surface area contributed by atoms with E-state index in [1.165, 1.54) is 4.70 Å². The smallest absolute Gasteiger partial charge is 0.103 e. The average Bonchev–Trinajstić information content (AvgIpc) is 2.68. The first kappa shape index (κ1) is 13.4. The van der Waals surface area contributed by atoms with E-state index >= 15 is 0 Å². The quantitative estimate of drug-likeness (QED) is 0.837. The maximum Gasteiger partial charge on any atom is 0.103 e. The number of hydrogen-bond acceptors (Lipinski definition) is 3. The summed E-state index contributed by atoms with van der Waals surface area (Å²) >= 11 is 7.19. The second-order valence-electron chi connectivity index (χ2n) is 5.48. The molecule has 0 aliphatic rings. The molecule has 1 aromatic heterocycles. The largest absolute Gasteiger partial charge is 0.374 e. The number of para-hydroxylation sites is 1. The van der Waals surface area contributed by atoms with Crippen LogP contribution in [-0.2, 0) is 0 Å². The minimum atomic E-state index is 0.00201. The Morgan fingerprint density at radius 2 is 2.00 bits per heavy atom. The number of thiazole rings is 1. The van der Waals surface area contributed by atoms with Gasteiger partial charge < -0.3 is 5.32 Å². The molecule has 0 aliphatic carbocycles. The van der Waals surface area contributed by atoms with Crippen LogP contribution in [0.25, 0.3) is 10.2 Å². The van der Waals surface area contributed by atoms with Crippen molar-refractivity contribution in [3.8, 4) is 0 Å². The summed E-state index contributed by atoms with van der Waals surface area (Å²) in [6.07, 6.45) is 0. The topological polar surface area (TPSA) is 24.9 Å². The molecular formula is C14H18N2S2. The maximum atomic E-state index is 5.47. The van der Waals surface area contributed by atoms with Gasteiger partial charge in [0.15, 0.2) is 0 Å². The first-order chi connectivity index (χ1) is 8.37. The van der Waals surface area contributed by atoms with E-state index in [-0.39, 0.29) is 11.5 Å². The van der Waals surface area contributed by atoms with Gasteiger partial charge in [-0.3, -0.25) is 0 Å². The molecule has 1 heterocycles. The van der Waals surface area contributed by atoms with Gasteiger partial charge in [0.1, 0.15) is 5.01 Å². The predicted molar refractivity (Wildman–Crippen MR) is 83.5 cm³/mol. The van der Waals surface area contributed by atoms with E-state index in [0.29, 0.717) is 0 Å². The van der Waals surface area contributed by atoms with E-state index in [2.05, 4.69) is 44.1 Å². The third kappa shape index (κ3) is 3.06. The van der Waals surface area contributed by atoms with Crippen molar-refractivity contribution in [1.29, 1.82) is 0 Å². The van der Waals surface area contributed by atoms with Gasteiger partial charge >= 0.3 is 0 Å². The van der Waals surface area contributed by atoms with Crippen LogP contribution in [0.15, 0.2) is 24.3 Å². The second kappa shape index (κ2) is 4.94. The molecule has 2 aromatic rings. The zero-order valence-corrected chi connectivity index (χ0v) is 12.8. The van der Waals surface area contributed by atoms with Crippen molar-refractivity contribution in [1.82, 2.24) is 10.3 Å². The number of nitrogens with one attached hydrogen (secondary N) is 1. The molecular weight excluding hydrogens is 260 g/mol. The molecule has 0 saturated carbocycles. The molecule has 0 radical (unpaired) electrons. The molecule has 2 rings (SSSR count). The molecule has 0 aliphatic heterocycles. The van der Waals surface area contributed by atoms with Crippen molar-refractivity contribution >= 4 is 38.8 Å². The minimum Gasteiger partial charge on any atom is -0.374 e. The van der Waals surface area contributed by atoms with Crippen LogP contribution in [0.2, 0.25) is 0 Å². The molecule has 0 bridgehead atoms. The number of nitrogens with zero attached hydrogens (tertiary/aromatic N) is 1. The average molecular weight is 278 g/mol. The van der Waals surface area contributed by atoms with Crippen LogP contribution < -0.4 is 5.32 Å². The van der Waals surface area contributed by atoms with E-state index in [0.717, 1.165) is 15.5 Å². The van der Waals surface area contributed by atoms with Crippen molar-refractivity contribution in [3.63, 3.8) is 0 Å². The Balaban J connectivity index is 2.23. The lowest BCUT2D eigenvalue weighted by Crippen LogP contribution is -2.41. The molecule has 0 amide bonds. The van der Waals surface area contributed by atoms with Crippen LogP contribution in [0.3, 0.4) is 0 Å². The lowest BCUT2D eigenvalue weighted by molar-refractivity contribution is 0.508. The molecule has 0 spiro atoms. The predicted octanol–water partition coefficient (Wildman–Crippen LogP) is 4.12. The Bertz CT molecular complexity index is 533.